The van der Waals surface area contributed by atoms with E-state index < -0.39 is 11.2 Å². The quantitative estimate of drug-likeness (QED) is 0.711. The average molecular weight is 258 g/mol. The second-order valence-electron chi connectivity index (χ2n) is 4.85. The normalized spacial score (nSPS) is 12.0. The zero-order chi connectivity index (χ0) is 15.0. The number of ketones is 2. The lowest BCUT2D eigenvalue weighted by atomic mass is 10.0. The second kappa shape index (κ2) is 8.16. The first kappa shape index (κ1) is 19.3. The van der Waals surface area contributed by atoms with E-state index in [9.17, 15) is 9.59 Å². The Bertz CT molecular complexity index is 301. The van der Waals surface area contributed by atoms with Crippen LogP contribution in [-0.4, -0.2) is 37.0 Å². The third-order valence-corrected chi connectivity index (χ3v) is 2.78. The maximum Gasteiger partial charge on any atom is 0.186 e. The molecule has 0 aromatic heterocycles. The highest BCUT2D eigenvalue weighted by molar-refractivity contribution is 5.96. The molecule has 18 heavy (non-hydrogen) atoms. The number of carbonyl (C=O) groups is 2. The molecule has 106 valence electrons. The molecule has 0 N–H and O–H groups in total. The van der Waals surface area contributed by atoms with Gasteiger partial charge in [0, 0.05) is 14.2 Å². The lowest BCUT2D eigenvalue weighted by Crippen LogP contribution is -2.32. The Kier molecular flexibility index (Phi) is 8.77. The van der Waals surface area contributed by atoms with Gasteiger partial charge in [-0.05, 0) is 47.6 Å². The first-order valence-electron chi connectivity index (χ1n) is 5.83. The molecule has 0 saturated heterocycles. The predicted octanol–water partition coefficient (Wildman–Crippen LogP) is 2.56. The van der Waals surface area contributed by atoms with Crippen LogP contribution in [0.3, 0.4) is 0 Å². The number of rotatable bonds is 5. The van der Waals surface area contributed by atoms with Gasteiger partial charge in [-0.3, -0.25) is 9.59 Å². The number of methoxy groups -OCH3 is 2. The smallest absolute Gasteiger partial charge is 0.186 e. The molecule has 4 heteroatoms. The number of ether oxygens (including phenoxy) is 2. The molecule has 0 spiro atoms. The largest absolute Gasteiger partial charge is 0.371 e. The zero-order valence-electron chi connectivity index (χ0n) is 12.8. The number of Topliss-reactive ketones (excluding diaryl/α,β-unsaturated/α-hetero) is 1. The van der Waals surface area contributed by atoms with Gasteiger partial charge in [0.1, 0.15) is 11.2 Å². The van der Waals surface area contributed by atoms with Crippen LogP contribution in [0.4, 0.5) is 0 Å². The van der Waals surface area contributed by atoms with Crippen molar-refractivity contribution in [2.45, 2.75) is 52.7 Å². The summed E-state index contributed by atoms with van der Waals surface area (Å²) in [5.41, 5.74) is -1.27. The molecule has 0 aromatic carbocycles. The van der Waals surface area contributed by atoms with E-state index in [1.165, 1.54) is 27.2 Å². The summed E-state index contributed by atoms with van der Waals surface area (Å²) in [6.07, 6.45) is 3.23. The molecule has 0 radical (unpaired) electrons. The van der Waals surface area contributed by atoms with Crippen LogP contribution in [0.15, 0.2) is 12.2 Å². The Labute approximate surface area is 110 Å². The van der Waals surface area contributed by atoms with Crippen molar-refractivity contribution in [1.29, 1.82) is 0 Å². The SMILES string of the molecule is C/C=C/C(=O)C(C)(C)OC.COC(C)(C)C(C)=O. The summed E-state index contributed by atoms with van der Waals surface area (Å²) < 4.78 is 9.80. The van der Waals surface area contributed by atoms with E-state index in [0.29, 0.717) is 0 Å². The number of hydrogen-bond donors (Lipinski definition) is 0. The molecule has 0 aliphatic rings. The molecule has 0 aromatic rings. The molecule has 0 heterocycles. The summed E-state index contributed by atoms with van der Waals surface area (Å²) in [6, 6.07) is 0. The molecule has 0 amide bonds. The minimum Gasteiger partial charge on any atom is -0.371 e. The Morgan fingerprint density at radius 2 is 1.33 bits per heavy atom. The van der Waals surface area contributed by atoms with Gasteiger partial charge in [0.25, 0.3) is 0 Å². The van der Waals surface area contributed by atoms with E-state index in [4.69, 9.17) is 9.47 Å². The van der Waals surface area contributed by atoms with Crippen molar-refractivity contribution in [3.8, 4) is 0 Å². The fraction of sp³-hybridized carbons (Fsp3) is 0.714. The van der Waals surface area contributed by atoms with Gasteiger partial charge >= 0.3 is 0 Å². The second-order valence-corrected chi connectivity index (χ2v) is 4.85. The van der Waals surface area contributed by atoms with Crippen LogP contribution in [0.5, 0.6) is 0 Å². The van der Waals surface area contributed by atoms with E-state index in [0.717, 1.165) is 0 Å². The fourth-order valence-corrected chi connectivity index (χ4v) is 0.596. The number of allylic oxidation sites excluding steroid dienone is 1. The lowest BCUT2D eigenvalue weighted by Gasteiger charge is -2.18. The van der Waals surface area contributed by atoms with Crippen molar-refractivity contribution >= 4 is 11.6 Å². The van der Waals surface area contributed by atoms with E-state index in [-0.39, 0.29) is 11.6 Å². The van der Waals surface area contributed by atoms with E-state index >= 15 is 0 Å². The molecular formula is C14H26O4. The Morgan fingerprint density at radius 3 is 1.50 bits per heavy atom. The highest BCUT2D eigenvalue weighted by Gasteiger charge is 2.23. The molecule has 0 aliphatic heterocycles. The van der Waals surface area contributed by atoms with Gasteiger partial charge in [0.15, 0.2) is 11.6 Å². The van der Waals surface area contributed by atoms with Crippen molar-refractivity contribution in [2.24, 2.45) is 0 Å². The first-order chi connectivity index (χ1) is 8.05. The predicted molar refractivity (Wildman–Crippen MR) is 72.7 cm³/mol. The van der Waals surface area contributed by atoms with Crippen molar-refractivity contribution < 1.29 is 19.1 Å². The van der Waals surface area contributed by atoms with Crippen LogP contribution in [0, 0.1) is 0 Å². The molecule has 0 aliphatic carbocycles. The first-order valence-corrected chi connectivity index (χ1v) is 5.83. The fourth-order valence-electron chi connectivity index (χ4n) is 0.596. The molecule has 4 nitrogen and oxygen atoms in total. The van der Waals surface area contributed by atoms with Crippen LogP contribution >= 0.6 is 0 Å². The van der Waals surface area contributed by atoms with Gasteiger partial charge < -0.3 is 9.47 Å². The van der Waals surface area contributed by atoms with Crippen LogP contribution in [0.2, 0.25) is 0 Å². The van der Waals surface area contributed by atoms with Crippen LogP contribution in [0.1, 0.15) is 41.5 Å². The third kappa shape index (κ3) is 7.35. The third-order valence-electron chi connectivity index (χ3n) is 2.78. The van der Waals surface area contributed by atoms with E-state index in [2.05, 4.69) is 0 Å². The Balaban J connectivity index is 0. The van der Waals surface area contributed by atoms with Gasteiger partial charge in [-0.2, -0.15) is 0 Å². The van der Waals surface area contributed by atoms with Crippen molar-refractivity contribution in [2.75, 3.05) is 14.2 Å². The average Bonchev–Trinajstić information content (AvgIpc) is 2.30. The van der Waals surface area contributed by atoms with Crippen molar-refractivity contribution in [3.05, 3.63) is 12.2 Å². The monoisotopic (exact) mass is 258 g/mol. The minimum atomic E-state index is -0.674. The maximum absolute atomic E-state index is 11.1. The summed E-state index contributed by atoms with van der Waals surface area (Å²) >= 11 is 0. The number of carbonyl (C=O) groups excluding carboxylic acids is 2. The highest BCUT2D eigenvalue weighted by Crippen LogP contribution is 2.09. The van der Waals surface area contributed by atoms with Crippen LogP contribution in [-0.2, 0) is 19.1 Å². The highest BCUT2D eigenvalue weighted by atomic mass is 16.5. The van der Waals surface area contributed by atoms with Gasteiger partial charge in [-0.15, -0.1) is 0 Å². The molecule has 0 rings (SSSR count). The molecule has 0 unspecified atom stereocenters. The summed E-state index contributed by atoms with van der Waals surface area (Å²) in [5, 5.41) is 0. The molecule has 0 fully saturated rings. The molecular weight excluding hydrogens is 232 g/mol. The van der Waals surface area contributed by atoms with Gasteiger partial charge in [-0.25, -0.2) is 0 Å². The van der Waals surface area contributed by atoms with Crippen LogP contribution in [0.25, 0.3) is 0 Å². The van der Waals surface area contributed by atoms with Crippen molar-refractivity contribution in [1.82, 2.24) is 0 Å². The topological polar surface area (TPSA) is 52.6 Å². The van der Waals surface area contributed by atoms with E-state index in [1.807, 2.05) is 6.92 Å². The molecule has 0 saturated carbocycles. The van der Waals surface area contributed by atoms with Crippen molar-refractivity contribution in [3.63, 3.8) is 0 Å². The van der Waals surface area contributed by atoms with Gasteiger partial charge in [-0.1, -0.05) is 6.08 Å². The summed E-state index contributed by atoms with van der Waals surface area (Å²) in [7, 11) is 3.06. The summed E-state index contributed by atoms with van der Waals surface area (Å²) in [6.45, 7) is 10.3. The minimum absolute atomic E-state index is 0.00231. The molecule has 0 bridgehead atoms. The van der Waals surface area contributed by atoms with Crippen LogP contribution < -0.4 is 0 Å². The Morgan fingerprint density at radius 1 is 0.944 bits per heavy atom. The standard InChI is InChI=1S/C8H14O2.C6H12O2/c1-5-6-7(9)8(2,3)10-4;1-5(7)6(2,3)8-4/h5-6H,1-4H3;1-4H3/b6-5+;. The maximum atomic E-state index is 11.1. The Hall–Kier alpha value is -1.00. The number of hydrogen-bond acceptors (Lipinski definition) is 4. The summed E-state index contributed by atoms with van der Waals surface area (Å²) in [5.74, 6) is 0.0532. The lowest BCUT2D eigenvalue weighted by molar-refractivity contribution is -0.134. The van der Waals surface area contributed by atoms with E-state index in [1.54, 1.807) is 33.8 Å². The summed E-state index contributed by atoms with van der Waals surface area (Å²) in [4.78, 5) is 21.7. The van der Waals surface area contributed by atoms with Gasteiger partial charge in [0.05, 0.1) is 0 Å². The molecule has 0 atom stereocenters. The zero-order valence-corrected chi connectivity index (χ0v) is 12.8. The van der Waals surface area contributed by atoms with Gasteiger partial charge in [0.2, 0.25) is 0 Å².